The fourth-order valence-electron chi connectivity index (χ4n) is 3.28. The Balaban J connectivity index is 0.00000385. The number of halogens is 1. The summed E-state index contributed by atoms with van der Waals surface area (Å²) in [5.41, 5.74) is 1.22. The molecule has 3 rings (SSSR count). The van der Waals surface area contributed by atoms with Crippen LogP contribution in [0.15, 0.2) is 41.7 Å². The van der Waals surface area contributed by atoms with E-state index in [0.29, 0.717) is 6.54 Å². The third-order valence-corrected chi connectivity index (χ3v) is 5.38. The van der Waals surface area contributed by atoms with Gasteiger partial charge in [-0.3, -0.25) is 0 Å². The summed E-state index contributed by atoms with van der Waals surface area (Å²) in [7, 11) is 4.07. The zero-order chi connectivity index (χ0) is 22.8. The van der Waals surface area contributed by atoms with Gasteiger partial charge < -0.3 is 24.7 Å². The van der Waals surface area contributed by atoms with Crippen LogP contribution in [0.1, 0.15) is 30.8 Å². The summed E-state index contributed by atoms with van der Waals surface area (Å²) < 4.78 is 4.02. The first-order valence-corrected chi connectivity index (χ1v) is 11.1. The highest BCUT2D eigenvalue weighted by Crippen LogP contribution is 2.10. The molecule has 0 radical (unpaired) electrons. The maximum Gasteiger partial charge on any atom is 0.191 e. The van der Waals surface area contributed by atoms with Crippen molar-refractivity contribution < 1.29 is 0 Å². The highest BCUT2D eigenvalue weighted by Gasteiger charge is 2.07. The van der Waals surface area contributed by atoms with E-state index < -0.39 is 0 Å². The molecule has 33 heavy (non-hydrogen) atoms. The molecule has 0 atom stereocenters. The topological polar surface area (TPSA) is 101 Å². The monoisotopic (exact) mass is 566 g/mol. The average Bonchev–Trinajstić information content (AvgIpc) is 3.41. The van der Waals surface area contributed by atoms with Crippen LogP contribution in [-0.2, 0) is 26.6 Å². The Bertz CT molecular complexity index is 982. The Morgan fingerprint density at radius 2 is 1.82 bits per heavy atom. The van der Waals surface area contributed by atoms with E-state index >= 15 is 0 Å². The number of hydrogen-bond donors (Lipinski definition) is 2. The van der Waals surface area contributed by atoms with Crippen LogP contribution in [0.4, 0.5) is 5.69 Å². The summed E-state index contributed by atoms with van der Waals surface area (Å²) in [5.74, 6) is 3.46. The Kier molecular flexibility index (Phi) is 11.1. The van der Waals surface area contributed by atoms with Gasteiger partial charge in [0, 0.05) is 52.4 Å². The van der Waals surface area contributed by atoms with Crippen LogP contribution < -0.4 is 15.5 Å². The molecule has 0 fully saturated rings. The number of rotatable bonds is 11. The third kappa shape index (κ3) is 7.98. The quantitative estimate of drug-likeness (QED) is 0.159. The van der Waals surface area contributed by atoms with Gasteiger partial charge in [0.15, 0.2) is 11.8 Å². The number of para-hydroxylation sites is 1. The van der Waals surface area contributed by atoms with Crippen molar-refractivity contribution in [3.63, 3.8) is 0 Å². The second kappa shape index (κ2) is 13.8. The second-order valence-corrected chi connectivity index (χ2v) is 7.65. The zero-order valence-corrected chi connectivity index (χ0v) is 22.2. The van der Waals surface area contributed by atoms with E-state index in [1.807, 2.05) is 24.6 Å². The van der Waals surface area contributed by atoms with E-state index in [2.05, 4.69) is 78.7 Å². The number of aromatic nitrogens is 6. The molecule has 0 saturated carbocycles. The largest absolute Gasteiger partial charge is 0.375 e. The first-order valence-electron chi connectivity index (χ1n) is 11.1. The minimum atomic E-state index is 0. The van der Waals surface area contributed by atoms with Crippen molar-refractivity contribution in [2.75, 3.05) is 31.6 Å². The normalized spacial score (nSPS) is 11.2. The molecule has 11 heteroatoms. The fraction of sp³-hybridized carbons (Fsp3) is 0.500. The van der Waals surface area contributed by atoms with Gasteiger partial charge in [-0.2, -0.15) is 0 Å². The van der Waals surface area contributed by atoms with Gasteiger partial charge in [0.05, 0.1) is 0 Å². The van der Waals surface area contributed by atoms with Gasteiger partial charge in [0.1, 0.15) is 24.5 Å². The molecule has 10 nitrogen and oxygen atoms in total. The number of nitrogens with zero attached hydrogens (tertiary/aromatic N) is 8. The maximum atomic E-state index is 4.72. The molecular weight excluding hydrogens is 531 g/mol. The van der Waals surface area contributed by atoms with Crippen molar-refractivity contribution in [3.8, 4) is 0 Å². The average molecular weight is 566 g/mol. The third-order valence-electron chi connectivity index (χ3n) is 5.38. The summed E-state index contributed by atoms with van der Waals surface area (Å²) in [6.45, 7) is 7.74. The predicted octanol–water partition coefficient (Wildman–Crippen LogP) is 2.16. The molecule has 3 aromatic rings. The molecule has 0 bridgehead atoms. The Labute approximate surface area is 212 Å². The van der Waals surface area contributed by atoms with Crippen LogP contribution >= 0.6 is 24.0 Å². The number of hydrogen-bond acceptors (Lipinski definition) is 6. The van der Waals surface area contributed by atoms with Crippen molar-refractivity contribution in [2.24, 2.45) is 12.0 Å². The molecule has 0 aliphatic heterocycles. The van der Waals surface area contributed by atoms with Crippen molar-refractivity contribution in [2.45, 2.75) is 39.8 Å². The molecule has 2 N–H and O–H groups in total. The molecule has 2 heterocycles. The zero-order valence-electron chi connectivity index (χ0n) is 19.9. The molecule has 2 aromatic heterocycles. The van der Waals surface area contributed by atoms with Gasteiger partial charge in [-0.15, -0.1) is 44.4 Å². The van der Waals surface area contributed by atoms with Gasteiger partial charge in [0.25, 0.3) is 0 Å². The molecule has 0 spiro atoms. The van der Waals surface area contributed by atoms with Crippen LogP contribution in [0.2, 0.25) is 0 Å². The molecule has 1 aromatic carbocycles. The Morgan fingerprint density at radius 1 is 1.06 bits per heavy atom. The molecule has 0 unspecified atom stereocenters. The Hall–Kier alpha value is -2.70. The standard InChI is InChI=1S/C22H34N10.HI/c1-5-20-28-26-17-32(20)15-13-24-22(25-16-21-29-27-18(2)31(21)4)23-12-9-14-30(3)19-10-7-6-8-11-19;/h6-8,10-11,17H,5,9,12-16H2,1-4H3,(H2,23,24,25);1H. The SMILES string of the molecule is CCc1nncn1CCNC(=NCc1nnc(C)n1C)NCCCN(C)c1ccccc1.I. The smallest absolute Gasteiger partial charge is 0.191 e. The van der Waals surface area contributed by atoms with E-state index in [1.54, 1.807) is 6.33 Å². The summed E-state index contributed by atoms with van der Waals surface area (Å²) in [6, 6.07) is 10.4. The van der Waals surface area contributed by atoms with Gasteiger partial charge in [-0.1, -0.05) is 25.1 Å². The van der Waals surface area contributed by atoms with E-state index in [9.17, 15) is 0 Å². The number of anilines is 1. The number of guanidine groups is 1. The van der Waals surface area contributed by atoms with E-state index in [-0.39, 0.29) is 24.0 Å². The van der Waals surface area contributed by atoms with Gasteiger partial charge in [-0.05, 0) is 25.5 Å². The number of benzene rings is 1. The van der Waals surface area contributed by atoms with Crippen molar-refractivity contribution >= 4 is 35.6 Å². The predicted molar refractivity (Wildman–Crippen MR) is 142 cm³/mol. The van der Waals surface area contributed by atoms with Crippen molar-refractivity contribution in [1.82, 2.24) is 40.2 Å². The number of nitrogens with one attached hydrogen (secondary N) is 2. The molecule has 0 aliphatic rings. The van der Waals surface area contributed by atoms with E-state index in [0.717, 1.165) is 62.5 Å². The molecular formula is C22H35IN10. The maximum absolute atomic E-state index is 4.72. The van der Waals surface area contributed by atoms with Crippen LogP contribution in [0, 0.1) is 6.92 Å². The highest BCUT2D eigenvalue weighted by atomic mass is 127. The first-order chi connectivity index (χ1) is 15.6. The van der Waals surface area contributed by atoms with Crippen LogP contribution in [0.3, 0.4) is 0 Å². The van der Waals surface area contributed by atoms with Gasteiger partial charge >= 0.3 is 0 Å². The van der Waals surface area contributed by atoms with E-state index in [4.69, 9.17) is 4.99 Å². The summed E-state index contributed by atoms with van der Waals surface area (Å²) >= 11 is 0. The second-order valence-electron chi connectivity index (χ2n) is 7.65. The Morgan fingerprint density at radius 3 is 2.52 bits per heavy atom. The van der Waals surface area contributed by atoms with Gasteiger partial charge in [0.2, 0.25) is 0 Å². The van der Waals surface area contributed by atoms with Crippen molar-refractivity contribution in [1.29, 1.82) is 0 Å². The first kappa shape index (κ1) is 26.6. The summed E-state index contributed by atoms with van der Waals surface area (Å²) in [6.07, 6.45) is 3.62. The molecule has 180 valence electrons. The van der Waals surface area contributed by atoms with Crippen molar-refractivity contribution in [3.05, 3.63) is 54.1 Å². The van der Waals surface area contributed by atoms with Crippen LogP contribution in [-0.4, -0.2) is 62.2 Å². The lowest BCUT2D eigenvalue weighted by Gasteiger charge is -2.20. The minimum Gasteiger partial charge on any atom is -0.375 e. The fourth-order valence-corrected chi connectivity index (χ4v) is 3.28. The van der Waals surface area contributed by atoms with Crippen LogP contribution in [0.5, 0.6) is 0 Å². The van der Waals surface area contributed by atoms with Crippen LogP contribution in [0.25, 0.3) is 0 Å². The molecule has 0 saturated heterocycles. The molecule has 0 aliphatic carbocycles. The lowest BCUT2D eigenvalue weighted by atomic mass is 10.3. The lowest BCUT2D eigenvalue weighted by Crippen LogP contribution is -2.40. The number of aryl methyl sites for hydroxylation is 2. The number of aliphatic imine (C=N–C) groups is 1. The van der Waals surface area contributed by atoms with Gasteiger partial charge in [-0.25, -0.2) is 4.99 Å². The lowest BCUT2D eigenvalue weighted by molar-refractivity contribution is 0.628. The van der Waals surface area contributed by atoms with E-state index in [1.165, 1.54) is 5.69 Å². The molecule has 0 amide bonds. The highest BCUT2D eigenvalue weighted by molar-refractivity contribution is 14.0. The minimum absolute atomic E-state index is 0. The summed E-state index contributed by atoms with van der Waals surface area (Å²) in [5, 5.41) is 23.3. The summed E-state index contributed by atoms with van der Waals surface area (Å²) in [4.78, 5) is 6.98.